The lowest BCUT2D eigenvalue weighted by atomic mass is 9.99. The van der Waals surface area contributed by atoms with Crippen LogP contribution >= 0.6 is 0 Å². The number of hydrogen-bond acceptors (Lipinski definition) is 6. The quantitative estimate of drug-likeness (QED) is 0.171. The summed E-state index contributed by atoms with van der Waals surface area (Å²) >= 11 is 0. The summed E-state index contributed by atoms with van der Waals surface area (Å²) in [6, 6.07) is 27.2. The largest absolute Gasteiger partial charge is 0.448 e. The highest BCUT2D eigenvalue weighted by atomic mass is 16.6. The molecule has 2 fully saturated rings. The number of rotatable bonds is 11. The van der Waals surface area contributed by atoms with Gasteiger partial charge in [-0.05, 0) is 36.1 Å². The van der Waals surface area contributed by atoms with Crippen molar-refractivity contribution in [2.45, 2.75) is 44.7 Å². The zero-order chi connectivity index (χ0) is 28.1. The van der Waals surface area contributed by atoms with E-state index in [4.69, 9.17) is 14.2 Å². The first-order valence-corrected chi connectivity index (χ1v) is 13.3. The Kier molecular flexibility index (Phi) is 8.38. The number of ether oxygens (including phenoxy) is 3. The van der Waals surface area contributed by atoms with Gasteiger partial charge in [0.15, 0.2) is 18.4 Å². The molecule has 2 heterocycles. The van der Waals surface area contributed by atoms with Crippen molar-refractivity contribution in [3.8, 4) is 0 Å². The van der Waals surface area contributed by atoms with Gasteiger partial charge < -0.3 is 19.5 Å². The van der Waals surface area contributed by atoms with Crippen LogP contribution in [0.4, 0.5) is 0 Å². The molecule has 1 N–H and O–H groups in total. The predicted octanol–water partition coefficient (Wildman–Crippen LogP) is 3.92. The molecule has 0 aliphatic carbocycles. The number of benzene rings is 3. The minimum Gasteiger partial charge on any atom is -0.448 e. The standard InChI is InChI=1S/C32H32N2O6/c1-21(2)28(32(37)40-29(23-14-8-4-9-15-23)24-16-10-5-11-17-24)34-30(36)27(31(34)39-20-25-19-38-25)33-26(35)18-22-12-6-3-7-13-22/h3-17,25,27,29,31H,18-20H2,1-2H3,(H,33,35)/t25?,27-,31+/m1/s1. The van der Waals surface area contributed by atoms with E-state index in [1.54, 1.807) is 13.8 Å². The SMILES string of the molecule is CC(C)=C(C(=O)OC(c1ccccc1)c1ccccc1)N1C(=O)[C@@H](NC(=O)Cc2ccccc2)[C@@H]1OCC1CO1. The second-order valence-electron chi connectivity index (χ2n) is 10.1. The molecule has 0 bridgehead atoms. The van der Waals surface area contributed by atoms with E-state index in [0.29, 0.717) is 12.2 Å². The van der Waals surface area contributed by atoms with Crippen LogP contribution in [0.3, 0.4) is 0 Å². The van der Waals surface area contributed by atoms with Gasteiger partial charge in [-0.3, -0.25) is 14.5 Å². The van der Waals surface area contributed by atoms with E-state index in [9.17, 15) is 14.4 Å². The summed E-state index contributed by atoms with van der Waals surface area (Å²) in [4.78, 5) is 41.3. The molecule has 8 nitrogen and oxygen atoms in total. The lowest BCUT2D eigenvalue weighted by Crippen LogP contribution is -2.72. The number of nitrogens with zero attached hydrogens (tertiary/aromatic N) is 1. The van der Waals surface area contributed by atoms with Gasteiger partial charge in [0, 0.05) is 0 Å². The summed E-state index contributed by atoms with van der Waals surface area (Å²) in [5.74, 6) is -1.40. The number of epoxide rings is 1. The van der Waals surface area contributed by atoms with Crippen LogP contribution in [0.25, 0.3) is 0 Å². The first-order valence-electron chi connectivity index (χ1n) is 13.3. The number of carbonyl (C=O) groups excluding carboxylic acids is 3. The molecule has 3 aromatic rings. The lowest BCUT2D eigenvalue weighted by Gasteiger charge is -2.47. The molecule has 2 aliphatic heterocycles. The maximum atomic E-state index is 13.7. The van der Waals surface area contributed by atoms with Crippen molar-refractivity contribution in [2.75, 3.05) is 13.2 Å². The fourth-order valence-corrected chi connectivity index (χ4v) is 4.67. The average Bonchev–Trinajstić information content (AvgIpc) is 3.80. The highest BCUT2D eigenvalue weighted by Crippen LogP contribution is 2.33. The topological polar surface area (TPSA) is 97.5 Å². The van der Waals surface area contributed by atoms with Gasteiger partial charge in [0.25, 0.3) is 5.91 Å². The van der Waals surface area contributed by atoms with E-state index >= 15 is 0 Å². The summed E-state index contributed by atoms with van der Waals surface area (Å²) in [7, 11) is 0. The van der Waals surface area contributed by atoms with Gasteiger partial charge in [0.05, 0.1) is 19.6 Å². The monoisotopic (exact) mass is 540 g/mol. The second-order valence-corrected chi connectivity index (χ2v) is 10.1. The van der Waals surface area contributed by atoms with E-state index in [2.05, 4.69) is 5.32 Å². The molecule has 0 saturated carbocycles. The Morgan fingerprint density at radius 1 is 0.925 bits per heavy atom. The summed E-state index contributed by atoms with van der Waals surface area (Å²) < 4.78 is 17.4. The summed E-state index contributed by atoms with van der Waals surface area (Å²) in [6.07, 6.45) is -1.50. The molecule has 2 saturated heterocycles. The first kappa shape index (κ1) is 27.3. The zero-order valence-electron chi connectivity index (χ0n) is 22.5. The molecule has 206 valence electrons. The van der Waals surface area contributed by atoms with Gasteiger partial charge in [-0.25, -0.2) is 4.79 Å². The number of allylic oxidation sites excluding steroid dienone is 1. The van der Waals surface area contributed by atoms with Crippen molar-refractivity contribution in [2.24, 2.45) is 0 Å². The molecule has 0 aromatic heterocycles. The van der Waals surface area contributed by atoms with Crippen molar-refractivity contribution in [3.05, 3.63) is 119 Å². The first-order chi connectivity index (χ1) is 19.4. The normalized spacial score (nSPS) is 19.5. The van der Waals surface area contributed by atoms with Crippen LogP contribution in [0, 0.1) is 0 Å². The van der Waals surface area contributed by atoms with Gasteiger partial charge >= 0.3 is 5.97 Å². The summed E-state index contributed by atoms with van der Waals surface area (Å²) in [5.41, 5.74) is 3.11. The van der Waals surface area contributed by atoms with Gasteiger partial charge in [-0.2, -0.15) is 0 Å². The number of carbonyl (C=O) groups is 3. The molecule has 5 rings (SSSR count). The Morgan fingerprint density at radius 3 is 2.00 bits per heavy atom. The highest BCUT2D eigenvalue weighted by Gasteiger charge is 2.53. The van der Waals surface area contributed by atoms with Crippen LogP contribution < -0.4 is 5.32 Å². The molecule has 3 atom stereocenters. The molecule has 40 heavy (non-hydrogen) atoms. The molecule has 0 radical (unpaired) electrons. The number of amides is 2. The third kappa shape index (κ3) is 6.30. The van der Waals surface area contributed by atoms with Crippen LogP contribution in [0.2, 0.25) is 0 Å². The Labute approximate surface area is 233 Å². The smallest absolute Gasteiger partial charge is 0.356 e. The number of likely N-dealkylation sites (tertiary alicyclic amines) is 1. The van der Waals surface area contributed by atoms with Crippen molar-refractivity contribution < 1.29 is 28.6 Å². The third-order valence-electron chi connectivity index (χ3n) is 6.76. The van der Waals surface area contributed by atoms with Crippen molar-refractivity contribution in [1.29, 1.82) is 0 Å². The van der Waals surface area contributed by atoms with Gasteiger partial charge in [0.1, 0.15) is 11.8 Å². The van der Waals surface area contributed by atoms with Crippen molar-refractivity contribution in [1.82, 2.24) is 10.2 Å². The van der Waals surface area contributed by atoms with Crippen LogP contribution in [0.5, 0.6) is 0 Å². The average molecular weight is 541 g/mol. The van der Waals surface area contributed by atoms with Crippen LogP contribution in [-0.4, -0.2) is 54.3 Å². The number of β-lactam (4-membered cyclic amide) rings is 1. The Hall–Kier alpha value is -4.27. The van der Waals surface area contributed by atoms with Crippen LogP contribution in [-0.2, 0) is 35.0 Å². The molecule has 2 aliphatic rings. The highest BCUT2D eigenvalue weighted by molar-refractivity contribution is 6.01. The number of nitrogens with one attached hydrogen (secondary N) is 1. The Bertz CT molecular complexity index is 1330. The zero-order valence-corrected chi connectivity index (χ0v) is 22.5. The molecule has 8 heteroatoms. The van der Waals surface area contributed by atoms with E-state index in [-0.39, 0.29) is 30.7 Å². The van der Waals surface area contributed by atoms with E-state index in [1.165, 1.54) is 4.90 Å². The third-order valence-corrected chi connectivity index (χ3v) is 6.76. The van der Waals surface area contributed by atoms with E-state index in [1.807, 2.05) is 91.0 Å². The molecule has 2 amide bonds. The molecule has 1 unspecified atom stereocenters. The summed E-state index contributed by atoms with van der Waals surface area (Å²) in [6.45, 7) is 4.29. The predicted molar refractivity (Wildman–Crippen MR) is 148 cm³/mol. The van der Waals surface area contributed by atoms with Crippen molar-refractivity contribution >= 4 is 17.8 Å². The minimum absolute atomic E-state index is 0.0686. The molecule has 3 aromatic carbocycles. The van der Waals surface area contributed by atoms with E-state index < -0.39 is 30.3 Å². The fraction of sp³-hybridized carbons (Fsp3) is 0.281. The Morgan fingerprint density at radius 2 is 1.48 bits per heavy atom. The molecular weight excluding hydrogens is 508 g/mol. The molecular formula is C32H32N2O6. The van der Waals surface area contributed by atoms with E-state index in [0.717, 1.165) is 16.7 Å². The van der Waals surface area contributed by atoms with Crippen LogP contribution in [0.1, 0.15) is 36.6 Å². The number of hydrogen-bond donors (Lipinski definition) is 1. The van der Waals surface area contributed by atoms with Gasteiger partial charge in [-0.1, -0.05) is 91.0 Å². The maximum Gasteiger partial charge on any atom is 0.356 e. The van der Waals surface area contributed by atoms with Crippen LogP contribution in [0.15, 0.2) is 102 Å². The fourth-order valence-electron chi connectivity index (χ4n) is 4.67. The van der Waals surface area contributed by atoms with Gasteiger partial charge in [-0.15, -0.1) is 0 Å². The number of esters is 1. The summed E-state index contributed by atoms with van der Waals surface area (Å²) in [5, 5.41) is 2.79. The minimum atomic E-state index is -0.934. The maximum absolute atomic E-state index is 13.7. The Balaban J connectivity index is 1.36. The molecule has 0 spiro atoms. The lowest BCUT2D eigenvalue weighted by molar-refractivity contribution is -0.183. The van der Waals surface area contributed by atoms with Crippen molar-refractivity contribution in [3.63, 3.8) is 0 Å². The second kappa shape index (κ2) is 12.3. The van der Waals surface area contributed by atoms with Gasteiger partial charge in [0.2, 0.25) is 5.91 Å².